The molecule has 0 rings (SSSR count). The van der Waals surface area contributed by atoms with Gasteiger partial charge in [-0.25, -0.2) is 0 Å². The van der Waals surface area contributed by atoms with Crippen LogP contribution in [0.3, 0.4) is 0 Å². The van der Waals surface area contributed by atoms with Gasteiger partial charge in [0.2, 0.25) is 0 Å². The molecule has 6 nitrogen and oxygen atoms in total. The molecule has 1 atom stereocenters. The molecular formula is C9H14O6. The first kappa shape index (κ1) is 13.4. The van der Waals surface area contributed by atoms with E-state index in [2.05, 4.69) is 0 Å². The van der Waals surface area contributed by atoms with Gasteiger partial charge >= 0.3 is 17.9 Å². The van der Waals surface area contributed by atoms with Gasteiger partial charge in [0.1, 0.15) is 5.60 Å². The van der Waals surface area contributed by atoms with Crippen LogP contribution in [-0.2, 0) is 19.1 Å². The molecule has 0 fully saturated rings. The van der Waals surface area contributed by atoms with Gasteiger partial charge in [-0.15, -0.1) is 0 Å². The van der Waals surface area contributed by atoms with Crippen molar-refractivity contribution in [1.82, 2.24) is 0 Å². The highest BCUT2D eigenvalue weighted by atomic mass is 16.6. The summed E-state index contributed by atoms with van der Waals surface area (Å²) in [5.74, 6) is -5.53. The highest BCUT2D eigenvalue weighted by Crippen LogP contribution is 2.14. The standard InChI is InChI=1S/C9H14O6/c1-9(2,3)15-8(14)5(7(12)13)4-6(10)11/h5H,4H2,1-3H3,(H,10,11)(H,12,13). The van der Waals surface area contributed by atoms with Crippen LogP contribution in [0.5, 0.6) is 0 Å². The van der Waals surface area contributed by atoms with Gasteiger partial charge in [0, 0.05) is 0 Å². The zero-order valence-electron chi connectivity index (χ0n) is 8.81. The predicted octanol–water partition coefficient (Wildman–Crippen LogP) is 0.504. The molecule has 15 heavy (non-hydrogen) atoms. The van der Waals surface area contributed by atoms with Crippen LogP contribution in [0.2, 0.25) is 0 Å². The second-order valence-electron chi connectivity index (χ2n) is 4.02. The Bertz CT molecular complexity index is 275. The Morgan fingerprint density at radius 1 is 1.20 bits per heavy atom. The van der Waals surface area contributed by atoms with Crippen LogP contribution in [0.25, 0.3) is 0 Å². The van der Waals surface area contributed by atoms with Crippen LogP contribution < -0.4 is 0 Å². The number of ether oxygens (including phenoxy) is 1. The molecule has 0 aromatic carbocycles. The van der Waals surface area contributed by atoms with Crippen molar-refractivity contribution in [3.8, 4) is 0 Å². The van der Waals surface area contributed by atoms with Gasteiger partial charge < -0.3 is 14.9 Å². The molecule has 0 aromatic rings. The average Bonchev–Trinajstić information content (AvgIpc) is 1.95. The van der Waals surface area contributed by atoms with Crippen molar-refractivity contribution in [3.05, 3.63) is 0 Å². The van der Waals surface area contributed by atoms with E-state index in [1.54, 1.807) is 20.8 Å². The highest BCUT2D eigenvalue weighted by Gasteiger charge is 2.32. The van der Waals surface area contributed by atoms with E-state index in [9.17, 15) is 14.4 Å². The number of hydrogen-bond acceptors (Lipinski definition) is 4. The van der Waals surface area contributed by atoms with E-state index in [0.29, 0.717) is 0 Å². The third-order valence-corrected chi connectivity index (χ3v) is 1.37. The van der Waals surface area contributed by atoms with Gasteiger partial charge in [-0.05, 0) is 20.8 Å². The Morgan fingerprint density at radius 3 is 1.93 bits per heavy atom. The molecule has 86 valence electrons. The first-order chi connectivity index (χ1) is 6.63. The van der Waals surface area contributed by atoms with Crippen molar-refractivity contribution in [2.24, 2.45) is 5.92 Å². The van der Waals surface area contributed by atoms with Crippen molar-refractivity contribution in [3.63, 3.8) is 0 Å². The molecule has 0 amide bonds. The molecule has 2 N–H and O–H groups in total. The van der Waals surface area contributed by atoms with Gasteiger partial charge in [0.05, 0.1) is 6.42 Å². The summed E-state index contributed by atoms with van der Waals surface area (Å²) in [5.41, 5.74) is -0.830. The van der Waals surface area contributed by atoms with E-state index >= 15 is 0 Å². The van der Waals surface area contributed by atoms with E-state index in [0.717, 1.165) is 0 Å². The maximum Gasteiger partial charge on any atom is 0.321 e. The van der Waals surface area contributed by atoms with Crippen LogP contribution in [0, 0.1) is 5.92 Å². The number of carbonyl (C=O) groups excluding carboxylic acids is 1. The molecule has 0 aliphatic heterocycles. The number of aliphatic carboxylic acids is 2. The Labute approximate surface area is 86.8 Å². The molecule has 0 saturated carbocycles. The van der Waals surface area contributed by atoms with Crippen molar-refractivity contribution < 1.29 is 29.3 Å². The molecule has 6 heteroatoms. The lowest BCUT2D eigenvalue weighted by atomic mass is 10.1. The first-order valence-electron chi connectivity index (χ1n) is 4.31. The number of hydrogen-bond donors (Lipinski definition) is 2. The van der Waals surface area contributed by atoms with Crippen molar-refractivity contribution in [2.45, 2.75) is 32.8 Å². The molecule has 0 saturated heterocycles. The van der Waals surface area contributed by atoms with E-state index in [4.69, 9.17) is 14.9 Å². The van der Waals surface area contributed by atoms with E-state index in [-0.39, 0.29) is 0 Å². The second kappa shape index (κ2) is 4.77. The summed E-state index contributed by atoms with van der Waals surface area (Å²) >= 11 is 0. The molecule has 1 unspecified atom stereocenters. The lowest BCUT2D eigenvalue weighted by Crippen LogP contribution is -2.34. The second-order valence-corrected chi connectivity index (χ2v) is 4.02. The van der Waals surface area contributed by atoms with Crippen LogP contribution in [0.15, 0.2) is 0 Å². The summed E-state index contributed by atoms with van der Waals surface area (Å²) in [6, 6.07) is 0. The minimum absolute atomic E-state index is 0.774. The summed E-state index contributed by atoms with van der Waals surface area (Å²) in [7, 11) is 0. The summed E-state index contributed by atoms with van der Waals surface area (Å²) in [5, 5.41) is 17.0. The number of carbonyl (C=O) groups is 3. The normalized spacial score (nSPS) is 13.0. The largest absolute Gasteiger partial charge is 0.481 e. The van der Waals surface area contributed by atoms with E-state index < -0.39 is 35.8 Å². The molecule has 0 spiro atoms. The van der Waals surface area contributed by atoms with Gasteiger partial charge in [0.25, 0.3) is 0 Å². The van der Waals surface area contributed by atoms with Crippen LogP contribution in [-0.4, -0.2) is 33.7 Å². The fourth-order valence-electron chi connectivity index (χ4n) is 0.819. The molecular weight excluding hydrogens is 204 g/mol. The van der Waals surface area contributed by atoms with Crippen LogP contribution in [0.1, 0.15) is 27.2 Å². The molecule has 0 aromatic heterocycles. The highest BCUT2D eigenvalue weighted by molar-refractivity contribution is 5.97. The maximum atomic E-state index is 11.3. The zero-order chi connectivity index (χ0) is 12.2. The molecule has 0 aliphatic carbocycles. The minimum atomic E-state index is -1.65. The molecule has 0 aliphatic rings. The summed E-state index contributed by atoms with van der Waals surface area (Å²) < 4.78 is 4.78. The number of carboxylic acids is 2. The van der Waals surface area contributed by atoms with Gasteiger partial charge in [-0.3, -0.25) is 14.4 Å². The number of esters is 1. The van der Waals surface area contributed by atoms with Crippen LogP contribution >= 0.6 is 0 Å². The quantitative estimate of drug-likeness (QED) is 0.526. The fraction of sp³-hybridized carbons (Fsp3) is 0.667. The van der Waals surface area contributed by atoms with E-state index in [1.165, 1.54) is 0 Å². The SMILES string of the molecule is CC(C)(C)OC(=O)C(CC(=O)O)C(=O)O. The Morgan fingerprint density at radius 2 is 1.67 bits per heavy atom. The lowest BCUT2D eigenvalue weighted by Gasteiger charge is -2.21. The summed E-state index contributed by atoms with van der Waals surface area (Å²) in [6.45, 7) is 4.72. The monoisotopic (exact) mass is 218 g/mol. The molecule has 0 radical (unpaired) electrons. The number of rotatable bonds is 4. The maximum absolute atomic E-state index is 11.3. The van der Waals surface area contributed by atoms with E-state index in [1.807, 2.05) is 0 Å². The Balaban J connectivity index is 4.57. The van der Waals surface area contributed by atoms with Gasteiger partial charge in [0.15, 0.2) is 5.92 Å². The zero-order valence-corrected chi connectivity index (χ0v) is 8.81. The third kappa shape index (κ3) is 5.66. The van der Waals surface area contributed by atoms with Crippen molar-refractivity contribution >= 4 is 17.9 Å². The predicted molar refractivity (Wildman–Crippen MR) is 49.2 cm³/mol. The van der Waals surface area contributed by atoms with Crippen LogP contribution in [0.4, 0.5) is 0 Å². The molecule has 0 bridgehead atoms. The van der Waals surface area contributed by atoms with Gasteiger partial charge in [-0.2, -0.15) is 0 Å². The van der Waals surface area contributed by atoms with Crippen molar-refractivity contribution in [2.75, 3.05) is 0 Å². The summed E-state index contributed by atoms with van der Waals surface area (Å²) in [6.07, 6.45) is -0.774. The summed E-state index contributed by atoms with van der Waals surface area (Å²) in [4.78, 5) is 32.2. The average molecular weight is 218 g/mol. The number of carboxylic acid groups (broad SMARTS) is 2. The lowest BCUT2D eigenvalue weighted by molar-refractivity contribution is -0.169. The smallest absolute Gasteiger partial charge is 0.321 e. The van der Waals surface area contributed by atoms with Crippen molar-refractivity contribution in [1.29, 1.82) is 0 Å². The first-order valence-corrected chi connectivity index (χ1v) is 4.31. The van der Waals surface area contributed by atoms with Gasteiger partial charge in [-0.1, -0.05) is 0 Å². The third-order valence-electron chi connectivity index (χ3n) is 1.37. The minimum Gasteiger partial charge on any atom is -0.481 e. The molecule has 0 heterocycles. The Hall–Kier alpha value is -1.59. The Kier molecular flexibility index (Phi) is 4.26. The topological polar surface area (TPSA) is 101 Å². The fourth-order valence-corrected chi connectivity index (χ4v) is 0.819.